The van der Waals surface area contributed by atoms with Crippen molar-refractivity contribution in [3.05, 3.63) is 29.8 Å². The summed E-state index contributed by atoms with van der Waals surface area (Å²) in [4.78, 5) is 53.5. The minimum atomic E-state index is -1.17. The summed E-state index contributed by atoms with van der Waals surface area (Å²) in [5, 5.41) is 16.3. The van der Waals surface area contributed by atoms with Crippen LogP contribution in [-0.4, -0.2) is 58.1 Å². The lowest BCUT2D eigenvalue weighted by Crippen LogP contribution is -2.54. The van der Waals surface area contributed by atoms with E-state index in [1.54, 1.807) is 39.0 Å². The van der Waals surface area contributed by atoms with Crippen molar-refractivity contribution in [2.24, 2.45) is 5.73 Å². The van der Waals surface area contributed by atoms with Crippen LogP contribution in [0.3, 0.4) is 0 Å². The summed E-state index contributed by atoms with van der Waals surface area (Å²) in [6, 6.07) is 3.92. The number of phenolic OH excluding ortho intramolecular Hbond substituents is 1. The van der Waals surface area contributed by atoms with Gasteiger partial charge in [-0.25, -0.2) is 4.79 Å². The Morgan fingerprint density at radius 2 is 1.67 bits per heavy atom. The van der Waals surface area contributed by atoms with Gasteiger partial charge in [0.1, 0.15) is 23.4 Å². The normalized spacial score (nSPS) is 13.6. The van der Waals surface area contributed by atoms with E-state index < -0.39 is 41.5 Å². The van der Waals surface area contributed by atoms with E-state index in [0.29, 0.717) is 6.42 Å². The topological polar surface area (TPSA) is 151 Å². The fourth-order valence-electron chi connectivity index (χ4n) is 4.27. The summed E-state index contributed by atoms with van der Waals surface area (Å²) in [5.74, 6) is -1.75. The number of primary amides is 1. The van der Waals surface area contributed by atoms with Crippen molar-refractivity contribution in [2.75, 3.05) is 6.54 Å². The minimum absolute atomic E-state index is 0.0692. The third-order valence-electron chi connectivity index (χ3n) is 6.11. The zero-order chi connectivity index (χ0) is 29.6. The second kappa shape index (κ2) is 16.6. The monoisotopic (exact) mass is 548 g/mol. The van der Waals surface area contributed by atoms with Crippen molar-refractivity contribution in [1.29, 1.82) is 0 Å². The molecule has 0 fully saturated rings. The largest absolute Gasteiger partial charge is 0.508 e. The number of para-hydroxylation sites is 1. The Bertz CT molecular complexity index is 946. The quantitative estimate of drug-likeness (QED) is 0.226. The van der Waals surface area contributed by atoms with Crippen LogP contribution in [0.1, 0.15) is 105 Å². The summed E-state index contributed by atoms with van der Waals surface area (Å²) in [6.07, 6.45) is 3.91. The molecule has 0 aromatic heterocycles. The van der Waals surface area contributed by atoms with Gasteiger partial charge in [0.05, 0.1) is 0 Å². The first-order chi connectivity index (χ1) is 18.3. The molecule has 3 unspecified atom stereocenters. The molecule has 5 N–H and O–H groups in total. The molecule has 0 bridgehead atoms. The number of nitrogens with two attached hydrogens (primary N) is 1. The van der Waals surface area contributed by atoms with Gasteiger partial charge in [-0.15, -0.1) is 0 Å². The van der Waals surface area contributed by atoms with Crippen LogP contribution in [0.15, 0.2) is 24.3 Å². The van der Waals surface area contributed by atoms with Gasteiger partial charge in [0.25, 0.3) is 0 Å². The first-order valence-electron chi connectivity index (χ1n) is 14.0. The van der Waals surface area contributed by atoms with Crippen molar-refractivity contribution in [3.8, 4) is 5.75 Å². The number of rotatable bonds is 16. The smallest absolute Gasteiger partial charge is 0.408 e. The van der Waals surface area contributed by atoms with Crippen LogP contribution in [-0.2, 0) is 19.1 Å². The second-order valence-electron chi connectivity index (χ2n) is 11.0. The molecule has 1 rings (SSSR count). The highest BCUT2D eigenvalue weighted by Gasteiger charge is 2.37. The van der Waals surface area contributed by atoms with Crippen LogP contribution >= 0.6 is 0 Å². The van der Waals surface area contributed by atoms with Gasteiger partial charge in [-0.05, 0) is 53.0 Å². The average molecular weight is 549 g/mol. The molecule has 39 heavy (non-hydrogen) atoms. The van der Waals surface area contributed by atoms with Crippen molar-refractivity contribution >= 4 is 23.8 Å². The molecule has 0 aliphatic rings. The average Bonchev–Trinajstić information content (AvgIpc) is 2.83. The van der Waals surface area contributed by atoms with E-state index in [0.717, 1.165) is 32.1 Å². The van der Waals surface area contributed by atoms with E-state index in [1.165, 1.54) is 11.0 Å². The van der Waals surface area contributed by atoms with E-state index in [-0.39, 0.29) is 36.7 Å². The van der Waals surface area contributed by atoms with Crippen molar-refractivity contribution in [3.63, 3.8) is 0 Å². The van der Waals surface area contributed by atoms with Gasteiger partial charge in [0.2, 0.25) is 17.7 Å². The lowest BCUT2D eigenvalue weighted by Gasteiger charge is -2.35. The number of hydrogen-bond donors (Lipinski definition) is 4. The molecule has 3 atom stereocenters. The number of carbonyl (C=O) groups is 4. The molecule has 0 aliphatic heterocycles. The molecule has 1 aromatic carbocycles. The van der Waals surface area contributed by atoms with E-state index in [4.69, 9.17) is 10.5 Å². The van der Waals surface area contributed by atoms with Crippen molar-refractivity contribution in [1.82, 2.24) is 15.5 Å². The summed E-state index contributed by atoms with van der Waals surface area (Å²) in [7, 11) is 0. The van der Waals surface area contributed by atoms with E-state index in [9.17, 15) is 24.3 Å². The lowest BCUT2D eigenvalue weighted by molar-refractivity contribution is -0.143. The number of benzene rings is 1. The van der Waals surface area contributed by atoms with Crippen LogP contribution in [0.2, 0.25) is 0 Å². The predicted octanol–water partition coefficient (Wildman–Crippen LogP) is 4.31. The number of amides is 4. The number of nitrogens with one attached hydrogen (secondary N) is 2. The molecule has 0 spiro atoms. The number of unbranched alkanes of at least 4 members (excludes halogenated alkanes) is 3. The van der Waals surface area contributed by atoms with Crippen LogP contribution in [0.4, 0.5) is 4.79 Å². The maximum absolute atomic E-state index is 14.1. The van der Waals surface area contributed by atoms with Gasteiger partial charge in [-0.3, -0.25) is 14.4 Å². The van der Waals surface area contributed by atoms with Gasteiger partial charge >= 0.3 is 6.09 Å². The number of nitrogens with zero attached hydrogens (tertiary/aromatic N) is 1. The van der Waals surface area contributed by atoms with Gasteiger partial charge in [-0.2, -0.15) is 0 Å². The van der Waals surface area contributed by atoms with E-state index in [2.05, 4.69) is 17.6 Å². The minimum Gasteiger partial charge on any atom is -0.508 e. The lowest BCUT2D eigenvalue weighted by atomic mass is 9.99. The Balaban J connectivity index is 3.53. The third-order valence-corrected chi connectivity index (χ3v) is 6.11. The van der Waals surface area contributed by atoms with Gasteiger partial charge in [-0.1, -0.05) is 57.7 Å². The standard InChI is InChI=1S/C29H48N4O6/c1-7-9-10-13-19-33(27(37)22(17-18-24(30)35)32-28(38)39-29(4,5)6)25(21-15-11-12-16-23(21)34)26(36)31-20(3)14-8-2/h11-12,15-16,20,22,25,34H,7-10,13-14,17-19H2,1-6H3,(H2,30,35)(H,31,36)(H,32,38). The second-order valence-corrected chi connectivity index (χ2v) is 11.0. The van der Waals surface area contributed by atoms with Crippen LogP contribution < -0.4 is 16.4 Å². The van der Waals surface area contributed by atoms with Crippen molar-refractivity contribution < 1.29 is 29.0 Å². The molecule has 10 heteroatoms. The zero-order valence-corrected chi connectivity index (χ0v) is 24.4. The molecule has 0 saturated carbocycles. The number of phenols is 1. The highest BCUT2D eigenvalue weighted by atomic mass is 16.6. The summed E-state index contributed by atoms with van der Waals surface area (Å²) in [5.41, 5.74) is 4.82. The molecule has 0 radical (unpaired) electrons. The molecule has 4 amide bonds. The fourth-order valence-corrected chi connectivity index (χ4v) is 4.27. The number of aromatic hydroxyl groups is 1. The van der Waals surface area contributed by atoms with E-state index >= 15 is 0 Å². The van der Waals surface area contributed by atoms with Gasteiger partial charge < -0.3 is 31.1 Å². The molecular weight excluding hydrogens is 500 g/mol. The Kier molecular flexibility index (Phi) is 14.4. The Morgan fingerprint density at radius 3 is 2.23 bits per heavy atom. The first kappa shape index (κ1) is 33.7. The summed E-state index contributed by atoms with van der Waals surface area (Å²) < 4.78 is 5.35. The van der Waals surface area contributed by atoms with Crippen molar-refractivity contribution in [2.45, 2.75) is 117 Å². The van der Waals surface area contributed by atoms with Crippen LogP contribution in [0.25, 0.3) is 0 Å². The SMILES string of the molecule is CCCCCCN(C(=O)C(CCC(N)=O)NC(=O)OC(C)(C)C)C(C(=O)NC(C)CCC)c1ccccc1O. The maximum atomic E-state index is 14.1. The number of ether oxygens (including phenoxy) is 1. The summed E-state index contributed by atoms with van der Waals surface area (Å²) >= 11 is 0. The summed E-state index contributed by atoms with van der Waals surface area (Å²) in [6.45, 7) is 11.3. The van der Waals surface area contributed by atoms with Crippen LogP contribution in [0, 0.1) is 0 Å². The maximum Gasteiger partial charge on any atom is 0.408 e. The Hall–Kier alpha value is -3.30. The highest BCUT2D eigenvalue weighted by molar-refractivity contribution is 5.93. The van der Waals surface area contributed by atoms with Crippen LogP contribution in [0.5, 0.6) is 5.75 Å². The number of hydrogen-bond acceptors (Lipinski definition) is 6. The number of carbonyl (C=O) groups excluding carboxylic acids is 4. The molecular formula is C29H48N4O6. The molecule has 0 aliphatic carbocycles. The molecule has 220 valence electrons. The third kappa shape index (κ3) is 12.4. The first-order valence-corrected chi connectivity index (χ1v) is 14.0. The molecule has 0 heterocycles. The molecule has 1 aromatic rings. The predicted molar refractivity (Wildman–Crippen MR) is 151 cm³/mol. The van der Waals surface area contributed by atoms with Gasteiger partial charge in [0, 0.05) is 24.6 Å². The fraction of sp³-hybridized carbons (Fsp3) is 0.655. The Labute approximate surface area is 233 Å². The zero-order valence-electron chi connectivity index (χ0n) is 24.4. The number of alkyl carbamates (subject to hydrolysis) is 1. The Morgan fingerprint density at radius 1 is 1.00 bits per heavy atom. The molecule has 10 nitrogen and oxygen atoms in total. The van der Waals surface area contributed by atoms with E-state index in [1.807, 2.05) is 13.8 Å². The molecule has 0 saturated heterocycles. The highest BCUT2D eigenvalue weighted by Crippen LogP contribution is 2.30. The van der Waals surface area contributed by atoms with Gasteiger partial charge in [0.15, 0.2) is 0 Å².